The van der Waals surface area contributed by atoms with Gasteiger partial charge in [0.25, 0.3) is 5.91 Å². The summed E-state index contributed by atoms with van der Waals surface area (Å²) in [4.78, 5) is 32.6. The van der Waals surface area contributed by atoms with Gasteiger partial charge in [0, 0.05) is 29.6 Å². The maximum absolute atomic E-state index is 12.2. The van der Waals surface area contributed by atoms with Gasteiger partial charge in [0.05, 0.1) is 17.2 Å². The van der Waals surface area contributed by atoms with Gasteiger partial charge in [-0.3, -0.25) is 9.59 Å². The molecule has 3 rings (SSSR count). The minimum Gasteiger partial charge on any atom is -0.497 e. The van der Waals surface area contributed by atoms with Gasteiger partial charge in [0.1, 0.15) is 11.0 Å². The number of aromatic nitrogens is 1. The van der Waals surface area contributed by atoms with E-state index < -0.39 is 5.25 Å². The van der Waals surface area contributed by atoms with Crippen molar-refractivity contribution < 1.29 is 14.3 Å². The molecule has 0 unspecified atom stereocenters. The number of ether oxygens (including phenoxy) is 1. The predicted octanol–water partition coefficient (Wildman–Crippen LogP) is 3.07. The van der Waals surface area contributed by atoms with Crippen LogP contribution in [0.5, 0.6) is 5.75 Å². The first kappa shape index (κ1) is 17.6. The molecular weight excluding hydrogens is 358 g/mol. The number of thioether (sulfide) groups is 1. The van der Waals surface area contributed by atoms with Crippen LogP contribution < -0.4 is 10.1 Å². The van der Waals surface area contributed by atoms with E-state index in [0.717, 1.165) is 21.5 Å². The van der Waals surface area contributed by atoms with E-state index in [4.69, 9.17) is 4.74 Å². The van der Waals surface area contributed by atoms with E-state index in [2.05, 4.69) is 15.3 Å². The first-order valence-corrected chi connectivity index (χ1v) is 9.42. The highest BCUT2D eigenvalue weighted by Gasteiger charge is 2.30. The van der Waals surface area contributed by atoms with Gasteiger partial charge >= 0.3 is 0 Å². The van der Waals surface area contributed by atoms with E-state index in [-0.39, 0.29) is 18.2 Å². The molecule has 0 spiro atoms. The number of thiazole rings is 1. The summed E-state index contributed by atoms with van der Waals surface area (Å²) in [6, 6.07) is 7.05. The molecule has 25 heavy (non-hydrogen) atoms. The summed E-state index contributed by atoms with van der Waals surface area (Å²) in [5, 5.41) is 5.95. The van der Waals surface area contributed by atoms with Crippen molar-refractivity contribution in [1.29, 1.82) is 0 Å². The molecule has 1 N–H and O–H groups in total. The number of aryl methyl sites for hydroxylation is 1. The second-order valence-corrected chi connectivity index (χ2v) is 7.71. The standard InChI is InChI=1S/C17H17N3O3S2/c1-10-9-24-15(18-10)8-16-20-17(22)13(25-16)7-14(21)19-11-3-5-12(23-2)6-4-11/h3-6,9,13H,7-8H2,1-2H3,(H,19,21)/t13-/m1/s1. The highest BCUT2D eigenvalue weighted by atomic mass is 32.2. The van der Waals surface area contributed by atoms with E-state index in [0.29, 0.717) is 12.1 Å². The Morgan fingerprint density at radius 1 is 1.32 bits per heavy atom. The number of amides is 2. The van der Waals surface area contributed by atoms with E-state index in [9.17, 15) is 9.59 Å². The molecule has 8 heteroatoms. The summed E-state index contributed by atoms with van der Waals surface area (Å²) in [5.74, 6) is 0.255. The summed E-state index contributed by atoms with van der Waals surface area (Å²) in [5.41, 5.74) is 1.63. The molecule has 130 valence electrons. The van der Waals surface area contributed by atoms with Crippen LogP contribution in [0.4, 0.5) is 5.69 Å². The normalized spacial score (nSPS) is 16.6. The Morgan fingerprint density at radius 2 is 2.08 bits per heavy atom. The Kier molecular flexibility index (Phi) is 5.50. The van der Waals surface area contributed by atoms with Crippen LogP contribution in [0.2, 0.25) is 0 Å². The molecule has 1 aromatic heterocycles. The number of aliphatic imine (C=N–C) groups is 1. The number of carbonyl (C=O) groups is 2. The van der Waals surface area contributed by atoms with Crippen molar-refractivity contribution in [2.75, 3.05) is 12.4 Å². The molecule has 2 heterocycles. The van der Waals surface area contributed by atoms with Crippen LogP contribution in [-0.4, -0.2) is 34.2 Å². The Labute approximate surface area is 153 Å². The molecule has 0 fully saturated rings. The topological polar surface area (TPSA) is 80.7 Å². The fourth-order valence-corrected chi connectivity index (χ4v) is 4.26. The molecular formula is C17H17N3O3S2. The molecule has 1 aliphatic heterocycles. The molecule has 1 atom stereocenters. The van der Waals surface area contributed by atoms with Crippen LogP contribution in [-0.2, 0) is 16.0 Å². The fourth-order valence-electron chi connectivity index (χ4n) is 2.31. The quantitative estimate of drug-likeness (QED) is 0.839. The number of benzene rings is 1. The minimum absolute atomic E-state index is 0.0967. The number of hydrogen-bond donors (Lipinski definition) is 1. The third-order valence-electron chi connectivity index (χ3n) is 3.50. The number of anilines is 1. The van der Waals surface area contributed by atoms with Gasteiger partial charge in [-0.05, 0) is 31.2 Å². The highest BCUT2D eigenvalue weighted by molar-refractivity contribution is 8.15. The minimum atomic E-state index is -0.464. The smallest absolute Gasteiger partial charge is 0.260 e. The van der Waals surface area contributed by atoms with Crippen molar-refractivity contribution in [3.8, 4) is 5.75 Å². The maximum Gasteiger partial charge on any atom is 0.260 e. The lowest BCUT2D eigenvalue weighted by Crippen LogP contribution is -2.21. The lowest BCUT2D eigenvalue weighted by Gasteiger charge is -2.09. The Bertz CT molecular complexity index is 815. The molecule has 1 aromatic carbocycles. The fraction of sp³-hybridized carbons (Fsp3) is 0.294. The van der Waals surface area contributed by atoms with Gasteiger partial charge in [-0.1, -0.05) is 11.8 Å². The molecule has 0 aliphatic carbocycles. The highest BCUT2D eigenvalue weighted by Crippen LogP contribution is 2.28. The van der Waals surface area contributed by atoms with Crippen LogP contribution in [0.25, 0.3) is 0 Å². The van der Waals surface area contributed by atoms with Gasteiger partial charge in [0.2, 0.25) is 5.91 Å². The molecule has 1 aliphatic rings. The zero-order valence-electron chi connectivity index (χ0n) is 13.8. The van der Waals surface area contributed by atoms with Crippen LogP contribution in [0.15, 0.2) is 34.6 Å². The van der Waals surface area contributed by atoms with Gasteiger partial charge < -0.3 is 10.1 Å². The van der Waals surface area contributed by atoms with Gasteiger partial charge in [-0.2, -0.15) is 0 Å². The molecule has 2 aromatic rings. The lowest BCUT2D eigenvalue weighted by molar-refractivity contribution is -0.121. The Hall–Kier alpha value is -2.19. The number of nitrogens with zero attached hydrogens (tertiary/aromatic N) is 2. The van der Waals surface area contributed by atoms with Crippen molar-refractivity contribution in [2.45, 2.75) is 25.0 Å². The predicted molar refractivity (Wildman–Crippen MR) is 101 cm³/mol. The summed E-state index contributed by atoms with van der Waals surface area (Å²) in [6.07, 6.45) is 0.644. The zero-order chi connectivity index (χ0) is 17.8. The van der Waals surface area contributed by atoms with Crippen molar-refractivity contribution in [1.82, 2.24) is 4.98 Å². The second kappa shape index (κ2) is 7.79. The Morgan fingerprint density at radius 3 is 2.72 bits per heavy atom. The molecule has 0 saturated carbocycles. The first-order chi connectivity index (χ1) is 12.0. The monoisotopic (exact) mass is 375 g/mol. The third-order valence-corrected chi connectivity index (χ3v) is 5.63. The van der Waals surface area contributed by atoms with Crippen LogP contribution >= 0.6 is 23.1 Å². The van der Waals surface area contributed by atoms with Gasteiger partial charge in [0.15, 0.2) is 0 Å². The van der Waals surface area contributed by atoms with Crippen molar-refractivity contribution in [2.24, 2.45) is 4.99 Å². The maximum atomic E-state index is 12.2. The number of methoxy groups -OCH3 is 1. The molecule has 0 saturated heterocycles. The molecule has 0 radical (unpaired) electrons. The van der Waals surface area contributed by atoms with E-state index in [1.165, 1.54) is 11.8 Å². The van der Waals surface area contributed by atoms with Gasteiger partial charge in [-0.25, -0.2) is 9.98 Å². The number of nitrogens with one attached hydrogen (secondary N) is 1. The SMILES string of the molecule is COc1ccc(NC(=O)C[C@H]2SC(Cc3nc(C)cs3)=NC2=O)cc1. The van der Waals surface area contributed by atoms with Crippen LogP contribution in [0.3, 0.4) is 0 Å². The summed E-state index contributed by atoms with van der Waals surface area (Å²) in [6.45, 7) is 1.93. The molecule has 2 amide bonds. The summed E-state index contributed by atoms with van der Waals surface area (Å²) >= 11 is 2.91. The summed E-state index contributed by atoms with van der Waals surface area (Å²) in [7, 11) is 1.58. The van der Waals surface area contributed by atoms with Crippen molar-refractivity contribution in [3.05, 3.63) is 40.3 Å². The summed E-state index contributed by atoms with van der Waals surface area (Å²) < 4.78 is 5.08. The second-order valence-electron chi connectivity index (χ2n) is 5.49. The molecule has 0 bridgehead atoms. The zero-order valence-corrected chi connectivity index (χ0v) is 15.4. The first-order valence-electron chi connectivity index (χ1n) is 7.66. The number of rotatable bonds is 6. The lowest BCUT2D eigenvalue weighted by atomic mass is 10.2. The van der Waals surface area contributed by atoms with E-state index in [1.54, 1.807) is 42.7 Å². The number of hydrogen-bond acceptors (Lipinski definition) is 6. The Balaban J connectivity index is 1.52. The average molecular weight is 375 g/mol. The average Bonchev–Trinajstić information content (AvgIpc) is 3.14. The van der Waals surface area contributed by atoms with Crippen LogP contribution in [0.1, 0.15) is 17.1 Å². The third kappa shape index (κ3) is 4.67. The molecule has 6 nitrogen and oxygen atoms in total. The number of carbonyl (C=O) groups excluding carboxylic acids is 2. The van der Waals surface area contributed by atoms with Crippen molar-refractivity contribution in [3.63, 3.8) is 0 Å². The van der Waals surface area contributed by atoms with E-state index >= 15 is 0 Å². The van der Waals surface area contributed by atoms with Gasteiger partial charge in [-0.15, -0.1) is 11.3 Å². The van der Waals surface area contributed by atoms with Crippen molar-refractivity contribution >= 4 is 45.6 Å². The largest absolute Gasteiger partial charge is 0.497 e. The van der Waals surface area contributed by atoms with E-state index in [1.807, 2.05) is 12.3 Å². The van der Waals surface area contributed by atoms with Crippen LogP contribution in [0, 0.1) is 6.92 Å².